The summed E-state index contributed by atoms with van der Waals surface area (Å²) in [7, 11) is 0. The number of anilines is 1. The molecule has 1 aliphatic carbocycles. The molecule has 1 aromatic heterocycles. The van der Waals surface area contributed by atoms with Gasteiger partial charge < -0.3 is 10.2 Å². The number of piperidine rings is 1. The number of hydrogen-bond donors (Lipinski definition) is 1. The SMILES string of the molecule is O=C([C@@H]1C[C@H]1c1ccccc1)N1CCC(CNc2ncccn2)[C@H](F)C1. The van der Waals surface area contributed by atoms with E-state index in [-0.39, 0.29) is 24.3 Å². The van der Waals surface area contributed by atoms with Gasteiger partial charge in [0.2, 0.25) is 11.9 Å². The summed E-state index contributed by atoms with van der Waals surface area (Å²) in [5.41, 5.74) is 1.21. The molecular formula is C20H23FN4O. The van der Waals surface area contributed by atoms with Gasteiger partial charge in [-0.3, -0.25) is 4.79 Å². The first-order valence-corrected chi connectivity index (χ1v) is 9.21. The fourth-order valence-electron chi connectivity index (χ4n) is 3.77. The lowest BCUT2D eigenvalue weighted by molar-refractivity contribution is -0.135. The van der Waals surface area contributed by atoms with Crippen molar-refractivity contribution in [3.63, 3.8) is 0 Å². The van der Waals surface area contributed by atoms with E-state index in [2.05, 4.69) is 27.4 Å². The number of amides is 1. The molecule has 4 rings (SSSR count). The third-order valence-electron chi connectivity index (χ3n) is 5.41. The Labute approximate surface area is 152 Å². The van der Waals surface area contributed by atoms with E-state index in [1.807, 2.05) is 18.2 Å². The van der Waals surface area contributed by atoms with Crippen LogP contribution in [0.15, 0.2) is 48.8 Å². The molecule has 1 aromatic carbocycles. The van der Waals surface area contributed by atoms with Crippen LogP contribution in [0.25, 0.3) is 0 Å². The monoisotopic (exact) mass is 354 g/mol. The van der Waals surface area contributed by atoms with Gasteiger partial charge in [-0.2, -0.15) is 0 Å². The van der Waals surface area contributed by atoms with Crippen molar-refractivity contribution in [3.8, 4) is 0 Å². The van der Waals surface area contributed by atoms with Crippen LogP contribution in [-0.2, 0) is 4.79 Å². The number of nitrogens with zero attached hydrogens (tertiary/aromatic N) is 3. The van der Waals surface area contributed by atoms with Crippen molar-refractivity contribution >= 4 is 11.9 Å². The van der Waals surface area contributed by atoms with E-state index < -0.39 is 6.17 Å². The molecule has 2 heterocycles. The molecule has 26 heavy (non-hydrogen) atoms. The molecule has 0 spiro atoms. The lowest BCUT2D eigenvalue weighted by Crippen LogP contribution is -2.47. The number of halogens is 1. The summed E-state index contributed by atoms with van der Waals surface area (Å²) in [5.74, 6) is 0.835. The van der Waals surface area contributed by atoms with Crippen LogP contribution in [-0.4, -0.2) is 46.6 Å². The molecule has 1 aliphatic heterocycles. The lowest BCUT2D eigenvalue weighted by Gasteiger charge is -2.35. The smallest absolute Gasteiger partial charge is 0.226 e. The van der Waals surface area contributed by atoms with Crippen LogP contribution in [0.5, 0.6) is 0 Å². The summed E-state index contributed by atoms with van der Waals surface area (Å²) in [5, 5.41) is 3.09. The summed E-state index contributed by atoms with van der Waals surface area (Å²) in [6.45, 7) is 1.31. The second-order valence-electron chi connectivity index (χ2n) is 7.16. The normalized spacial score (nSPS) is 27.8. The molecule has 1 saturated carbocycles. The third-order valence-corrected chi connectivity index (χ3v) is 5.41. The van der Waals surface area contributed by atoms with Crippen molar-refractivity contribution in [2.45, 2.75) is 24.9 Å². The van der Waals surface area contributed by atoms with Gasteiger partial charge in [-0.25, -0.2) is 14.4 Å². The average molecular weight is 354 g/mol. The number of alkyl halides is 1. The summed E-state index contributed by atoms with van der Waals surface area (Å²) in [6.07, 6.45) is 3.84. The van der Waals surface area contributed by atoms with E-state index in [4.69, 9.17) is 0 Å². The molecule has 2 fully saturated rings. The van der Waals surface area contributed by atoms with E-state index in [0.29, 0.717) is 31.4 Å². The molecule has 0 bridgehead atoms. The number of likely N-dealkylation sites (tertiary alicyclic amines) is 1. The van der Waals surface area contributed by atoms with E-state index in [0.717, 1.165) is 6.42 Å². The first-order chi connectivity index (χ1) is 12.7. The summed E-state index contributed by atoms with van der Waals surface area (Å²) in [6, 6.07) is 11.9. The van der Waals surface area contributed by atoms with E-state index in [1.165, 1.54) is 5.56 Å². The van der Waals surface area contributed by atoms with E-state index in [9.17, 15) is 9.18 Å². The molecule has 2 aliphatic rings. The molecule has 2 aromatic rings. The average Bonchev–Trinajstić information content (AvgIpc) is 3.49. The molecule has 0 radical (unpaired) electrons. The van der Waals surface area contributed by atoms with E-state index >= 15 is 0 Å². The Kier molecular flexibility index (Phi) is 4.82. The maximum Gasteiger partial charge on any atom is 0.226 e. The number of hydrogen-bond acceptors (Lipinski definition) is 4. The number of carbonyl (C=O) groups excluding carboxylic acids is 1. The van der Waals surface area contributed by atoms with Crippen LogP contribution in [0.2, 0.25) is 0 Å². The van der Waals surface area contributed by atoms with E-state index in [1.54, 1.807) is 23.4 Å². The zero-order valence-corrected chi connectivity index (χ0v) is 14.6. The van der Waals surface area contributed by atoms with Crippen LogP contribution < -0.4 is 5.32 Å². The Bertz CT molecular complexity index is 742. The predicted molar refractivity (Wildman–Crippen MR) is 97.4 cm³/mol. The Morgan fingerprint density at radius 3 is 2.69 bits per heavy atom. The maximum atomic E-state index is 14.6. The zero-order valence-electron chi connectivity index (χ0n) is 14.6. The van der Waals surface area contributed by atoms with Crippen molar-refractivity contribution in [1.82, 2.24) is 14.9 Å². The highest BCUT2D eigenvalue weighted by Crippen LogP contribution is 2.48. The standard InChI is InChI=1S/C20H23FN4O/c21-18-13-25(10-7-15(18)12-24-20-22-8-4-9-23-20)19(26)17-11-16(17)14-5-2-1-3-6-14/h1-6,8-9,15-18H,7,10-13H2,(H,22,23,24)/t15?,16-,17+,18+/m0/s1. The van der Waals surface area contributed by atoms with Gasteiger partial charge in [-0.05, 0) is 30.4 Å². The van der Waals surface area contributed by atoms with Crippen molar-refractivity contribution in [2.24, 2.45) is 11.8 Å². The number of aromatic nitrogens is 2. The minimum absolute atomic E-state index is 0.0250. The highest BCUT2D eigenvalue weighted by Gasteiger charge is 2.46. The number of benzene rings is 1. The summed E-state index contributed by atoms with van der Waals surface area (Å²) < 4.78 is 14.6. The Morgan fingerprint density at radius 1 is 1.19 bits per heavy atom. The van der Waals surface area contributed by atoms with Crippen molar-refractivity contribution in [3.05, 3.63) is 54.4 Å². The van der Waals surface area contributed by atoms with Crippen LogP contribution >= 0.6 is 0 Å². The summed E-state index contributed by atoms with van der Waals surface area (Å²) >= 11 is 0. The lowest BCUT2D eigenvalue weighted by atomic mass is 9.94. The molecule has 1 saturated heterocycles. The maximum absolute atomic E-state index is 14.6. The molecule has 5 nitrogen and oxygen atoms in total. The van der Waals surface area contributed by atoms with Gasteiger partial charge in [0.05, 0.1) is 6.54 Å². The van der Waals surface area contributed by atoms with Gasteiger partial charge in [-0.1, -0.05) is 30.3 Å². The predicted octanol–water partition coefficient (Wildman–Crippen LogP) is 2.88. The second kappa shape index (κ2) is 7.40. The Balaban J connectivity index is 1.28. The molecule has 4 atom stereocenters. The molecule has 6 heteroatoms. The third kappa shape index (κ3) is 3.69. The molecule has 136 valence electrons. The van der Waals surface area contributed by atoms with Gasteiger partial charge >= 0.3 is 0 Å². The molecule has 1 unspecified atom stereocenters. The van der Waals surface area contributed by atoms with Gasteiger partial charge in [0.25, 0.3) is 0 Å². The van der Waals surface area contributed by atoms with Gasteiger partial charge in [0.1, 0.15) is 6.17 Å². The first kappa shape index (κ1) is 16.9. The van der Waals surface area contributed by atoms with Crippen molar-refractivity contribution in [1.29, 1.82) is 0 Å². The largest absolute Gasteiger partial charge is 0.354 e. The number of nitrogens with one attached hydrogen (secondary N) is 1. The molecule has 1 N–H and O–H groups in total. The Morgan fingerprint density at radius 2 is 1.96 bits per heavy atom. The zero-order chi connectivity index (χ0) is 17.9. The van der Waals surface area contributed by atoms with Crippen molar-refractivity contribution in [2.75, 3.05) is 25.0 Å². The van der Waals surface area contributed by atoms with Crippen LogP contribution in [0.4, 0.5) is 10.3 Å². The number of rotatable bonds is 5. The minimum Gasteiger partial charge on any atom is -0.354 e. The van der Waals surface area contributed by atoms with Crippen LogP contribution in [0.1, 0.15) is 24.3 Å². The second-order valence-corrected chi connectivity index (χ2v) is 7.16. The molecule has 1 amide bonds. The van der Waals surface area contributed by atoms with Crippen LogP contribution in [0.3, 0.4) is 0 Å². The molecular weight excluding hydrogens is 331 g/mol. The number of carbonyl (C=O) groups is 1. The first-order valence-electron chi connectivity index (χ1n) is 9.21. The van der Waals surface area contributed by atoms with Crippen molar-refractivity contribution < 1.29 is 9.18 Å². The fraction of sp³-hybridized carbons (Fsp3) is 0.450. The topological polar surface area (TPSA) is 58.1 Å². The highest BCUT2D eigenvalue weighted by molar-refractivity contribution is 5.83. The summed E-state index contributed by atoms with van der Waals surface area (Å²) in [4.78, 5) is 22.6. The highest BCUT2D eigenvalue weighted by atomic mass is 19.1. The van der Waals surface area contributed by atoms with Crippen LogP contribution in [0, 0.1) is 11.8 Å². The van der Waals surface area contributed by atoms with Gasteiger partial charge in [-0.15, -0.1) is 0 Å². The van der Waals surface area contributed by atoms with Gasteiger partial charge in [0, 0.05) is 37.3 Å². The fourth-order valence-corrected chi connectivity index (χ4v) is 3.77. The Hall–Kier alpha value is -2.50. The minimum atomic E-state index is -1.02. The quantitative estimate of drug-likeness (QED) is 0.897. The van der Waals surface area contributed by atoms with Gasteiger partial charge in [0.15, 0.2) is 0 Å².